The highest BCUT2D eigenvalue weighted by atomic mass is 35.5. The first-order chi connectivity index (χ1) is 11.6. The van der Waals surface area contributed by atoms with Gasteiger partial charge in [-0.25, -0.2) is 9.97 Å². The smallest absolute Gasteiger partial charge is 0.254 e. The Hall–Kier alpha value is -2.18. The second-order valence-corrected chi connectivity index (χ2v) is 5.95. The largest absolute Gasteiger partial charge is 0.378 e. The molecule has 126 valence electrons. The Morgan fingerprint density at radius 3 is 2.79 bits per heavy atom. The van der Waals surface area contributed by atoms with Gasteiger partial charge in [0.25, 0.3) is 5.91 Å². The van der Waals surface area contributed by atoms with Crippen molar-refractivity contribution in [2.45, 2.75) is 13.5 Å². The van der Waals surface area contributed by atoms with E-state index in [2.05, 4.69) is 20.2 Å². The molecule has 6 nitrogen and oxygen atoms in total. The number of anilines is 1. The van der Waals surface area contributed by atoms with Gasteiger partial charge >= 0.3 is 0 Å². The molecular formula is C17H19ClN4O2. The first-order valence-electron chi connectivity index (χ1n) is 7.83. The highest BCUT2D eigenvalue weighted by Gasteiger charge is 2.17. The molecule has 24 heavy (non-hydrogen) atoms. The van der Waals surface area contributed by atoms with Gasteiger partial charge in [0, 0.05) is 30.9 Å². The van der Waals surface area contributed by atoms with Crippen molar-refractivity contribution < 1.29 is 9.53 Å². The summed E-state index contributed by atoms with van der Waals surface area (Å²) in [5.74, 6) is 0.430. The van der Waals surface area contributed by atoms with E-state index < -0.39 is 0 Å². The van der Waals surface area contributed by atoms with Crippen LogP contribution in [0.25, 0.3) is 0 Å². The van der Waals surface area contributed by atoms with Crippen molar-refractivity contribution >= 4 is 23.5 Å². The molecule has 1 amide bonds. The van der Waals surface area contributed by atoms with Gasteiger partial charge in [-0.15, -0.1) is 0 Å². The third kappa shape index (κ3) is 3.83. The van der Waals surface area contributed by atoms with Crippen LogP contribution in [0.5, 0.6) is 0 Å². The van der Waals surface area contributed by atoms with Crippen LogP contribution >= 0.6 is 11.6 Å². The van der Waals surface area contributed by atoms with Gasteiger partial charge in [0.1, 0.15) is 0 Å². The lowest BCUT2D eigenvalue weighted by atomic mass is 10.2. The van der Waals surface area contributed by atoms with E-state index in [0.29, 0.717) is 42.0 Å². The molecule has 1 aliphatic heterocycles. The van der Waals surface area contributed by atoms with E-state index in [9.17, 15) is 4.79 Å². The molecule has 2 heterocycles. The zero-order valence-electron chi connectivity index (χ0n) is 13.5. The number of nitrogens with zero attached hydrogens (tertiary/aromatic N) is 3. The fourth-order valence-electron chi connectivity index (χ4n) is 2.51. The van der Waals surface area contributed by atoms with Gasteiger partial charge in [0.15, 0.2) is 0 Å². The highest BCUT2D eigenvalue weighted by Crippen LogP contribution is 2.16. The summed E-state index contributed by atoms with van der Waals surface area (Å²) in [7, 11) is 0. The van der Waals surface area contributed by atoms with Crippen LogP contribution in [0.2, 0.25) is 5.02 Å². The minimum absolute atomic E-state index is 0.207. The van der Waals surface area contributed by atoms with Crippen molar-refractivity contribution in [2.24, 2.45) is 0 Å². The summed E-state index contributed by atoms with van der Waals surface area (Å²) in [6.07, 6.45) is 1.58. The summed E-state index contributed by atoms with van der Waals surface area (Å²) in [6, 6.07) is 7.43. The molecule has 1 fully saturated rings. The number of rotatable bonds is 4. The molecular weight excluding hydrogens is 328 g/mol. The Morgan fingerprint density at radius 2 is 2.08 bits per heavy atom. The molecule has 1 N–H and O–H groups in total. The van der Waals surface area contributed by atoms with Gasteiger partial charge < -0.3 is 15.0 Å². The van der Waals surface area contributed by atoms with Crippen LogP contribution in [-0.4, -0.2) is 42.2 Å². The summed E-state index contributed by atoms with van der Waals surface area (Å²) in [5.41, 5.74) is 2.00. The number of amides is 1. The van der Waals surface area contributed by atoms with Crippen molar-refractivity contribution in [2.75, 3.05) is 31.2 Å². The highest BCUT2D eigenvalue weighted by molar-refractivity contribution is 6.31. The molecule has 1 aromatic heterocycles. The number of nitrogens with one attached hydrogen (secondary N) is 1. The van der Waals surface area contributed by atoms with Crippen molar-refractivity contribution in [1.82, 2.24) is 15.3 Å². The van der Waals surface area contributed by atoms with Gasteiger partial charge in [0.05, 0.1) is 24.5 Å². The van der Waals surface area contributed by atoms with E-state index in [-0.39, 0.29) is 5.91 Å². The maximum atomic E-state index is 12.4. The molecule has 0 bridgehead atoms. The Bertz CT molecular complexity index is 732. The van der Waals surface area contributed by atoms with E-state index in [1.165, 1.54) is 0 Å². The maximum Gasteiger partial charge on any atom is 0.254 e. The SMILES string of the molecule is Cc1nc(N2CCOCC2)ncc1C(=O)NCc1ccccc1Cl. The summed E-state index contributed by atoms with van der Waals surface area (Å²) >= 11 is 6.10. The lowest BCUT2D eigenvalue weighted by Gasteiger charge is -2.27. The molecule has 1 aromatic carbocycles. The number of hydrogen-bond acceptors (Lipinski definition) is 5. The quantitative estimate of drug-likeness (QED) is 0.919. The number of ether oxygens (including phenoxy) is 1. The summed E-state index contributed by atoms with van der Waals surface area (Å²) in [6.45, 7) is 5.04. The zero-order chi connectivity index (χ0) is 16.9. The van der Waals surface area contributed by atoms with Crippen LogP contribution < -0.4 is 10.2 Å². The molecule has 1 aliphatic rings. The normalized spacial score (nSPS) is 14.5. The van der Waals surface area contributed by atoms with Crippen LogP contribution in [0.4, 0.5) is 5.95 Å². The number of benzene rings is 1. The van der Waals surface area contributed by atoms with Crippen LogP contribution in [0.1, 0.15) is 21.6 Å². The Morgan fingerprint density at radius 1 is 1.33 bits per heavy atom. The fraction of sp³-hybridized carbons (Fsp3) is 0.353. The van der Waals surface area contributed by atoms with Gasteiger partial charge in [-0.05, 0) is 18.6 Å². The predicted octanol–water partition coefficient (Wildman–Crippen LogP) is 2.21. The number of morpholine rings is 1. The van der Waals surface area contributed by atoms with Crippen LogP contribution in [0.15, 0.2) is 30.5 Å². The van der Waals surface area contributed by atoms with Crippen molar-refractivity contribution in [3.05, 3.63) is 52.3 Å². The second-order valence-electron chi connectivity index (χ2n) is 5.54. The number of halogens is 1. The maximum absolute atomic E-state index is 12.4. The summed E-state index contributed by atoms with van der Waals surface area (Å²) in [5, 5.41) is 3.49. The third-order valence-electron chi connectivity index (χ3n) is 3.90. The topological polar surface area (TPSA) is 67.3 Å². The van der Waals surface area contributed by atoms with Crippen LogP contribution in [0, 0.1) is 6.92 Å². The van der Waals surface area contributed by atoms with Crippen LogP contribution in [-0.2, 0) is 11.3 Å². The average molecular weight is 347 g/mol. The number of aryl methyl sites for hydroxylation is 1. The first kappa shape index (κ1) is 16.7. The van der Waals surface area contributed by atoms with Gasteiger partial charge in [-0.1, -0.05) is 29.8 Å². The molecule has 0 unspecified atom stereocenters. The summed E-state index contributed by atoms with van der Waals surface area (Å²) in [4.78, 5) is 23.2. The lowest BCUT2D eigenvalue weighted by molar-refractivity contribution is 0.0949. The van der Waals surface area contributed by atoms with Crippen molar-refractivity contribution in [3.8, 4) is 0 Å². The molecule has 0 atom stereocenters. The molecule has 0 radical (unpaired) electrons. The van der Waals surface area contributed by atoms with E-state index >= 15 is 0 Å². The number of hydrogen-bond donors (Lipinski definition) is 1. The molecule has 0 spiro atoms. The number of aromatic nitrogens is 2. The first-order valence-corrected chi connectivity index (χ1v) is 8.21. The monoisotopic (exact) mass is 346 g/mol. The average Bonchev–Trinajstić information content (AvgIpc) is 2.61. The van der Waals surface area contributed by atoms with Gasteiger partial charge in [-0.2, -0.15) is 0 Å². The summed E-state index contributed by atoms with van der Waals surface area (Å²) < 4.78 is 5.32. The van der Waals surface area contributed by atoms with Crippen molar-refractivity contribution in [3.63, 3.8) is 0 Å². The van der Waals surface area contributed by atoms with Gasteiger partial charge in [-0.3, -0.25) is 4.79 Å². The van der Waals surface area contributed by atoms with E-state index in [1.54, 1.807) is 12.3 Å². The standard InChI is InChI=1S/C17H19ClN4O2/c1-12-14(11-20-17(21-12)22-6-8-24-9-7-22)16(23)19-10-13-4-2-3-5-15(13)18/h2-5,11H,6-10H2,1H3,(H,19,23). The van der Waals surface area contributed by atoms with E-state index in [4.69, 9.17) is 16.3 Å². The minimum atomic E-state index is -0.207. The minimum Gasteiger partial charge on any atom is -0.378 e. The lowest BCUT2D eigenvalue weighted by Crippen LogP contribution is -2.37. The molecule has 0 aliphatic carbocycles. The van der Waals surface area contributed by atoms with E-state index in [0.717, 1.165) is 18.7 Å². The fourth-order valence-corrected chi connectivity index (χ4v) is 2.71. The molecule has 7 heteroatoms. The second kappa shape index (κ2) is 7.59. The zero-order valence-corrected chi connectivity index (χ0v) is 14.2. The molecule has 3 rings (SSSR count). The van der Waals surface area contributed by atoms with Crippen LogP contribution in [0.3, 0.4) is 0 Å². The van der Waals surface area contributed by atoms with Crippen molar-refractivity contribution in [1.29, 1.82) is 0 Å². The Labute approximate surface area is 145 Å². The third-order valence-corrected chi connectivity index (χ3v) is 4.27. The van der Waals surface area contributed by atoms with Gasteiger partial charge in [0.2, 0.25) is 5.95 Å². The van der Waals surface area contributed by atoms with E-state index in [1.807, 2.05) is 25.1 Å². The molecule has 2 aromatic rings. The number of carbonyl (C=O) groups excluding carboxylic acids is 1. The molecule has 1 saturated heterocycles. The number of carbonyl (C=O) groups is 1. The predicted molar refractivity (Wildman–Crippen MR) is 92.4 cm³/mol. The Kier molecular flexibility index (Phi) is 5.27. The Balaban J connectivity index is 1.67. The molecule has 0 saturated carbocycles.